The maximum atomic E-state index is 12.0. The molecule has 1 aliphatic heterocycles. The second kappa shape index (κ2) is 8.12. The molecule has 1 aliphatic rings. The molecule has 0 aromatic carbocycles. The number of nitrogens with zero attached hydrogens (tertiary/aromatic N) is 3. The zero-order chi connectivity index (χ0) is 14.3. The molecule has 0 aromatic rings. The third-order valence-corrected chi connectivity index (χ3v) is 3.52. The Morgan fingerprint density at radius 2 is 1.47 bits per heavy atom. The Bertz CT molecular complexity index is 298. The zero-order valence-corrected chi connectivity index (χ0v) is 12.2. The summed E-state index contributed by atoms with van der Waals surface area (Å²) in [6.45, 7) is 9.60. The van der Waals surface area contributed by atoms with Crippen molar-refractivity contribution < 1.29 is 14.3 Å². The number of amides is 1. The first-order valence-electron chi connectivity index (χ1n) is 6.90. The molecule has 1 amide bonds. The quantitative estimate of drug-likeness (QED) is 0.618. The van der Waals surface area contributed by atoms with Crippen molar-refractivity contribution in [1.82, 2.24) is 14.7 Å². The van der Waals surface area contributed by atoms with Gasteiger partial charge in [-0.15, -0.1) is 0 Å². The summed E-state index contributed by atoms with van der Waals surface area (Å²) in [4.78, 5) is 29.2. The SMILES string of the molecule is CCN(CC)C(=O)CN1CCN(CC(=O)OC)CC1. The Morgan fingerprint density at radius 1 is 1.00 bits per heavy atom. The Labute approximate surface area is 115 Å². The number of rotatable bonds is 6. The molecule has 0 atom stereocenters. The predicted octanol–water partition coefficient (Wildman–Crippen LogP) is -0.355. The number of ether oxygens (including phenoxy) is 1. The van der Waals surface area contributed by atoms with Crippen molar-refractivity contribution >= 4 is 11.9 Å². The number of esters is 1. The first-order valence-corrected chi connectivity index (χ1v) is 6.90. The van der Waals surface area contributed by atoms with Gasteiger partial charge >= 0.3 is 5.97 Å². The van der Waals surface area contributed by atoms with Crippen molar-refractivity contribution in [2.75, 3.05) is 59.5 Å². The molecule has 6 nitrogen and oxygen atoms in total. The monoisotopic (exact) mass is 271 g/mol. The van der Waals surface area contributed by atoms with E-state index in [4.69, 9.17) is 0 Å². The van der Waals surface area contributed by atoms with Gasteiger partial charge < -0.3 is 9.64 Å². The number of hydrogen-bond acceptors (Lipinski definition) is 5. The molecular formula is C13H25N3O3. The van der Waals surface area contributed by atoms with E-state index in [0.717, 1.165) is 39.3 Å². The number of carbonyl (C=O) groups is 2. The van der Waals surface area contributed by atoms with Crippen LogP contribution >= 0.6 is 0 Å². The van der Waals surface area contributed by atoms with E-state index >= 15 is 0 Å². The van der Waals surface area contributed by atoms with Crippen molar-refractivity contribution in [3.05, 3.63) is 0 Å². The first-order chi connectivity index (χ1) is 9.10. The van der Waals surface area contributed by atoms with Crippen LogP contribution in [0.2, 0.25) is 0 Å². The van der Waals surface area contributed by atoms with Gasteiger partial charge in [0.1, 0.15) is 0 Å². The van der Waals surface area contributed by atoms with E-state index < -0.39 is 0 Å². The minimum Gasteiger partial charge on any atom is -0.468 e. The molecule has 110 valence electrons. The van der Waals surface area contributed by atoms with Crippen LogP contribution in [0.25, 0.3) is 0 Å². The van der Waals surface area contributed by atoms with Crippen molar-refractivity contribution in [2.24, 2.45) is 0 Å². The van der Waals surface area contributed by atoms with E-state index in [1.54, 1.807) is 0 Å². The van der Waals surface area contributed by atoms with Crippen LogP contribution in [0.15, 0.2) is 0 Å². The van der Waals surface area contributed by atoms with E-state index in [1.165, 1.54) is 7.11 Å². The number of likely N-dealkylation sites (N-methyl/N-ethyl adjacent to an activating group) is 1. The van der Waals surface area contributed by atoms with Crippen LogP contribution in [0, 0.1) is 0 Å². The molecule has 0 aromatic heterocycles. The van der Waals surface area contributed by atoms with Gasteiger partial charge in [-0.2, -0.15) is 0 Å². The third kappa shape index (κ3) is 5.16. The topological polar surface area (TPSA) is 53.1 Å². The Hall–Kier alpha value is -1.14. The summed E-state index contributed by atoms with van der Waals surface area (Å²) in [6.07, 6.45) is 0. The summed E-state index contributed by atoms with van der Waals surface area (Å²) < 4.78 is 4.65. The maximum absolute atomic E-state index is 12.0. The minimum absolute atomic E-state index is 0.186. The van der Waals surface area contributed by atoms with E-state index in [2.05, 4.69) is 14.5 Å². The van der Waals surface area contributed by atoms with Crippen LogP contribution in [-0.2, 0) is 14.3 Å². The average molecular weight is 271 g/mol. The molecule has 1 fully saturated rings. The van der Waals surface area contributed by atoms with E-state index in [9.17, 15) is 9.59 Å². The van der Waals surface area contributed by atoms with E-state index in [0.29, 0.717) is 13.1 Å². The van der Waals surface area contributed by atoms with Gasteiger partial charge in [0.25, 0.3) is 0 Å². The van der Waals surface area contributed by atoms with Gasteiger partial charge in [0.05, 0.1) is 20.2 Å². The van der Waals surface area contributed by atoms with Crippen LogP contribution in [-0.4, -0.2) is 86.0 Å². The smallest absolute Gasteiger partial charge is 0.319 e. The fourth-order valence-corrected chi connectivity index (χ4v) is 2.22. The summed E-state index contributed by atoms with van der Waals surface area (Å²) in [7, 11) is 1.40. The normalized spacial score (nSPS) is 17.2. The van der Waals surface area contributed by atoms with Crippen molar-refractivity contribution in [3.63, 3.8) is 0 Å². The van der Waals surface area contributed by atoms with Crippen molar-refractivity contribution in [1.29, 1.82) is 0 Å². The standard InChI is InChI=1S/C13H25N3O3/c1-4-16(5-2)12(17)10-14-6-8-15(9-7-14)11-13(18)19-3/h4-11H2,1-3H3. The summed E-state index contributed by atoms with van der Waals surface area (Å²) >= 11 is 0. The molecule has 0 unspecified atom stereocenters. The highest BCUT2D eigenvalue weighted by Crippen LogP contribution is 2.03. The van der Waals surface area contributed by atoms with E-state index in [-0.39, 0.29) is 11.9 Å². The van der Waals surface area contributed by atoms with Gasteiger partial charge in [-0.3, -0.25) is 19.4 Å². The lowest BCUT2D eigenvalue weighted by molar-refractivity contribution is -0.142. The molecular weight excluding hydrogens is 246 g/mol. The second-order valence-corrected chi connectivity index (χ2v) is 4.69. The summed E-state index contributed by atoms with van der Waals surface area (Å²) in [5, 5.41) is 0. The zero-order valence-electron chi connectivity index (χ0n) is 12.2. The molecule has 0 radical (unpaired) electrons. The average Bonchev–Trinajstić information content (AvgIpc) is 2.42. The largest absolute Gasteiger partial charge is 0.468 e. The molecule has 0 spiro atoms. The molecule has 0 bridgehead atoms. The fourth-order valence-electron chi connectivity index (χ4n) is 2.22. The number of carbonyl (C=O) groups excluding carboxylic acids is 2. The molecule has 19 heavy (non-hydrogen) atoms. The summed E-state index contributed by atoms with van der Waals surface area (Å²) in [5.41, 5.74) is 0. The van der Waals surface area contributed by atoms with Gasteiger partial charge in [-0.05, 0) is 13.8 Å². The molecule has 6 heteroatoms. The maximum Gasteiger partial charge on any atom is 0.319 e. The Balaban J connectivity index is 2.30. The number of methoxy groups -OCH3 is 1. The van der Waals surface area contributed by atoms with Crippen molar-refractivity contribution in [2.45, 2.75) is 13.8 Å². The lowest BCUT2D eigenvalue weighted by Gasteiger charge is -2.34. The van der Waals surface area contributed by atoms with Gasteiger partial charge in [0.15, 0.2) is 0 Å². The van der Waals surface area contributed by atoms with Crippen LogP contribution in [0.4, 0.5) is 0 Å². The third-order valence-electron chi connectivity index (χ3n) is 3.52. The Morgan fingerprint density at radius 3 is 1.89 bits per heavy atom. The molecule has 1 saturated heterocycles. The summed E-state index contributed by atoms with van der Waals surface area (Å²) in [5.74, 6) is -0.0147. The lowest BCUT2D eigenvalue weighted by atomic mass is 10.3. The van der Waals surface area contributed by atoms with Crippen LogP contribution in [0.1, 0.15) is 13.8 Å². The highest BCUT2D eigenvalue weighted by Gasteiger charge is 2.21. The number of piperazine rings is 1. The molecule has 0 aliphatic carbocycles. The predicted molar refractivity (Wildman–Crippen MR) is 72.8 cm³/mol. The molecule has 1 heterocycles. The van der Waals surface area contributed by atoms with Crippen LogP contribution < -0.4 is 0 Å². The molecule has 1 rings (SSSR count). The van der Waals surface area contributed by atoms with Crippen LogP contribution in [0.5, 0.6) is 0 Å². The van der Waals surface area contributed by atoms with Crippen LogP contribution in [0.3, 0.4) is 0 Å². The highest BCUT2D eigenvalue weighted by molar-refractivity contribution is 5.78. The van der Waals surface area contributed by atoms with Crippen molar-refractivity contribution in [3.8, 4) is 0 Å². The molecule has 0 saturated carbocycles. The lowest BCUT2D eigenvalue weighted by Crippen LogP contribution is -2.51. The highest BCUT2D eigenvalue weighted by atomic mass is 16.5. The Kier molecular flexibility index (Phi) is 6.80. The van der Waals surface area contributed by atoms with Gasteiger partial charge in [0.2, 0.25) is 5.91 Å². The first kappa shape index (κ1) is 15.9. The minimum atomic E-state index is -0.201. The van der Waals surface area contributed by atoms with Gasteiger partial charge in [0, 0.05) is 39.3 Å². The summed E-state index contributed by atoms with van der Waals surface area (Å²) in [6, 6.07) is 0. The van der Waals surface area contributed by atoms with Gasteiger partial charge in [-0.25, -0.2) is 0 Å². The van der Waals surface area contributed by atoms with Gasteiger partial charge in [-0.1, -0.05) is 0 Å². The number of hydrogen-bond donors (Lipinski definition) is 0. The second-order valence-electron chi connectivity index (χ2n) is 4.69. The fraction of sp³-hybridized carbons (Fsp3) is 0.846. The van der Waals surface area contributed by atoms with E-state index in [1.807, 2.05) is 18.7 Å². The molecule has 0 N–H and O–H groups in total.